The summed E-state index contributed by atoms with van der Waals surface area (Å²) >= 11 is 1.34. The van der Waals surface area contributed by atoms with Crippen LogP contribution < -0.4 is 5.32 Å². The van der Waals surface area contributed by atoms with Crippen molar-refractivity contribution >= 4 is 40.1 Å². The molecule has 2 aromatic rings. The van der Waals surface area contributed by atoms with Crippen LogP contribution in [0.3, 0.4) is 0 Å². The molecular formula is C22H25N3O2S. The van der Waals surface area contributed by atoms with Crippen molar-refractivity contribution in [3.8, 4) is 0 Å². The van der Waals surface area contributed by atoms with E-state index in [4.69, 9.17) is 0 Å². The van der Waals surface area contributed by atoms with Crippen LogP contribution in [0.15, 0.2) is 47.5 Å². The third kappa shape index (κ3) is 4.62. The van der Waals surface area contributed by atoms with Crippen LogP contribution in [0.2, 0.25) is 0 Å². The molecule has 2 aromatic carbocycles. The number of amidine groups is 1. The minimum Gasteiger partial charge on any atom is -0.326 e. The summed E-state index contributed by atoms with van der Waals surface area (Å²) in [5.74, 6) is -0.264. The van der Waals surface area contributed by atoms with Crippen molar-refractivity contribution in [3.63, 3.8) is 0 Å². The highest BCUT2D eigenvalue weighted by atomic mass is 32.2. The molecule has 1 fully saturated rings. The van der Waals surface area contributed by atoms with Crippen LogP contribution in [0.25, 0.3) is 0 Å². The topological polar surface area (TPSA) is 61.8 Å². The van der Waals surface area contributed by atoms with Gasteiger partial charge in [-0.3, -0.25) is 14.5 Å². The summed E-state index contributed by atoms with van der Waals surface area (Å²) in [4.78, 5) is 31.1. The van der Waals surface area contributed by atoms with Gasteiger partial charge in [0.1, 0.15) is 5.25 Å². The Balaban J connectivity index is 1.66. The maximum absolute atomic E-state index is 12.5. The van der Waals surface area contributed by atoms with Crippen LogP contribution in [0.5, 0.6) is 0 Å². The molecule has 6 heteroatoms. The van der Waals surface area contributed by atoms with E-state index in [0.717, 1.165) is 23.4 Å². The zero-order valence-corrected chi connectivity index (χ0v) is 17.5. The molecule has 146 valence electrons. The lowest BCUT2D eigenvalue weighted by atomic mass is 10.1. The zero-order chi connectivity index (χ0) is 20.3. The molecule has 5 nitrogen and oxygen atoms in total. The number of nitrogens with one attached hydrogen (secondary N) is 1. The Kier molecular flexibility index (Phi) is 6.19. The van der Waals surface area contributed by atoms with Crippen molar-refractivity contribution < 1.29 is 9.59 Å². The number of nitrogens with zero attached hydrogens (tertiary/aromatic N) is 2. The van der Waals surface area contributed by atoms with Gasteiger partial charge in [0.15, 0.2) is 5.17 Å². The van der Waals surface area contributed by atoms with Crippen molar-refractivity contribution in [1.82, 2.24) is 4.90 Å². The lowest BCUT2D eigenvalue weighted by Gasteiger charge is -2.10. The van der Waals surface area contributed by atoms with E-state index in [-0.39, 0.29) is 18.2 Å². The van der Waals surface area contributed by atoms with Crippen LogP contribution in [-0.4, -0.2) is 34.2 Å². The number of aliphatic imine (C=N–C) groups is 1. The van der Waals surface area contributed by atoms with Crippen LogP contribution in [-0.2, 0) is 16.0 Å². The summed E-state index contributed by atoms with van der Waals surface area (Å²) in [6.45, 7) is 6.18. The summed E-state index contributed by atoms with van der Waals surface area (Å²) in [5, 5.41) is 3.04. The highest BCUT2D eigenvalue weighted by molar-refractivity contribution is 8.15. The molecule has 0 unspecified atom stereocenters. The molecule has 0 bridgehead atoms. The minimum atomic E-state index is -0.454. The van der Waals surface area contributed by atoms with E-state index < -0.39 is 5.25 Å². The molecule has 1 aliphatic heterocycles. The molecule has 1 aliphatic rings. The lowest BCUT2D eigenvalue weighted by molar-refractivity contribution is -0.127. The largest absolute Gasteiger partial charge is 0.326 e. The summed E-state index contributed by atoms with van der Waals surface area (Å²) in [7, 11) is 1.70. The van der Waals surface area contributed by atoms with Gasteiger partial charge in [-0.2, -0.15) is 0 Å². The first kappa shape index (κ1) is 20.1. The normalized spacial score (nSPS) is 18.0. The molecule has 0 spiro atoms. The Morgan fingerprint density at radius 2 is 1.86 bits per heavy atom. The Bertz CT molecular complexity index is 922. The molecule has 0 aliphatic carbocycles. The van der Waals surface area contributed by atoms with Crippen molar-refractivity contribution in [2.75, 3.05) is 12.4 Å². The number of amides is 2. The molecule has 1 atom stereocenters. The maximum atomic E-state index is 12.5. The molecule has 2 amide bonds. The number of hydrogen-bond donors (Lipinski definition) is 1. The first-order chi connectivity index (χ1) is 13.4. The Labute approximate surface area is 170 Å². The standard InChI is InChI=1S/C22H25N3O2S/c1-5-16-7-10-17(11-8-16)23-20(26)13-19-21(27)25(4)22(28-19)24-18-9-6-14(2)15(3)12-18/h6-12,19H,5,13H2,1-4H3,(H,23,26)/t19-/m0/s1. The van der Waals surface area contributed by atoms with E-state index in [2.05, 4.69) is 24.2 Å². The second-order valence-electron chi connectivity index (χ2n) is 6.97. The van der Waals surface area contributed by atoms with Gasteiger partial charge in [0.2, 0.25) is 11.8 Å². The van der Waals surface area contributed by atoms with Gasteiger partial charge in [-0.05, 0) is 61.2 Å². The number of hydrogen-bond acceptors (Lipinski definition) is 4. The summed E-state index contributed by atoms with van der Waals surface area (Å²) in [6.07, 6.45) is 1.08. The predicted molar refractivity (Wildman–Crippen MR) is 116 cm³/mol. The molecule has 1 N–H and O–H groups in total. The second kappa shape index (κ2) is 8.61. The fourth-order valence-corrected chi connectivity index (χ4v) is 4.06. The minimum absolute atomic E-state index is 0.0935. The number of anilines is 1. The third-order valence-electron chi connectivity index (χ3n) is 4.87. The number of rotatable bonds is 5. The lowest BCUT2D eigenvalue weighted by Crippen LogP contribution is -2.30. The molecule has 28 heavy (non-hydrogen) atoms. The smallest absolute Gasteiger partial charge is 0.242 e. The van der Waals surface area contributed by atoms with E-state index in [0.29, 0.717) is 5.17 Å². The van der Waals surface area contributed by atoms with E-state index in [1.807, 2.05) is 49.4 Å². The molecule has 0 aromatic heterocycles. The van der Waals surface area contributed by atoms with Crippen molar-refractivity contribution in [2.24, 2.45) is 4.99 Å². The van der Waals surface area contributed by atoms with E-state index in [1.54, 1.807) is 7.05 Å². The molecule has 0 saturated carbocycles. The average molecular weight is 396 g/mol. The monoisotopic (exact) mass is 395 g/mol. The first-order valence-electron chi connectivity index (χ1n) is 9.36. The fraction of sp³-hybridized carbons (Fsp3) is 0.318. The predicted octanol–water partition coefficient (Wildman–Crippen LogP) is 4.46. The van der Waals surface area contributed by atoms with Gasteiger partial charge in [0, 0.05) is 19.2 Å². The van der Waals surface area contributed by atoms with Crippen LogP contribution in [0.4, 0.5) is 11.4 Å². The summed E-state index contributed by atoms with van der Waals surface area (Å²) < 4.78 is 0. The molecule has 0 radical (unpaired) electrons. The maximum Gasteiger partial charge on any atom is 0.242 e. The van der Waals surface area contributed by atoms with E-state index in [9.17, 15) is 9.59 Å². The summed E-state index contributed by atoms with van der Waals surface area (Å²) in [6, 6.07) is 13.7. The molecule has 3 rings (SSSR count). The van der Waals surface area contributed by atoms with E-state index >= 15 is 0 Å². The average Bonchev–Trinajstić information content (AvgIpc) is 2.93. The fourth-order valence-electron chi connectivity index (χ4n) is 2.91. The molecule has 1 heterocycles. The van der Waals surface area contributed by atoms with Crippen molar-refractivity contribution in [1.29, 1.82) is 0 Å². The SMILES string of the molecule is CCc1ccc(NC(=O)C[C@@H]2SC(=Nc3ccc(C)c(C)c3)N(C)C2=O)cc1. The van der Waals surface area contributed by atoms with Gasteiger partial charge in [0.05, 0.1) is 5.69 Å². The van der Waals surface area contributed by atoms with Gasteiger partial charge in [-0.15, -0.1) is 0 Å². The van der Waals surface area contributed by atoms with Gasteiger partial charge in [0.25, 0.3) is 0 Å². The number of benzene rings is 2. The number of carbonyl (C=O) groups is 2. The van der Waals surface area contributed by atoms with Gasteiger partial charge in [-0.1, -0.05) is 36.9 Å². The van der Waals surface area contributed by atoms with Crippen LogP contribution >= 0.6 is 11.8 Å². The van der Waals surface area contributed by atoms with Gasteiger partial charge in [-0.25, -0.2) is 4.99 Å². The Hall–Kier alpha value is -2.60. The third-order valence-corrected chi connectivity index (χ3v) is 6.10. The van der Waals surface area contributed by atoms with Crippen molar-refractivity contribution in [2.45, 2.75) is 38.9 Å². The Morgan fingerprint density at radius 3 is 2.50 bits per heavy atom. The van der Waals surface area contributed by atoms with Gasteiger partial charge < -0.3 is 5.32 Å². The van der Waals surface area contributed by atoms with Crippen LogP contribution in [0.1, 0.15) is 30.0 Å². The Morgan fingerprint density at radius 1 is 1.14 bits per heavy atom. The van der Waals surface area contributed by atoms with Crippen molar-refractivity contribution in [3.05, 3.63) is 59.2 Å². The van der Waals surface area contributed by atoms with Gasteiger partial charge >= 0.3 is 0 Å². The number of aryl methyl sites for hydroxylation is 3. The molecule has 1 saturated heterocycles. The zero-order valence-electron chi connectivity index (χ0n) is 16.7. The summed E-state index contributed by atoms with van der Waals surface area (Å²) in [5.41, 5.74) is 5.13. The number of carbonyl (C=O) groups excluding carboxylic acids is 2. The molecular weight excluding hydrogens is 370 g/mol. The van der Waals surface area contributed by atoms with E-state index in [1.165, 1.54) is 27.8 Å². The highest BCUT2D eigenvalue weighted by Gasteiger charge is 2.37. The quantitative estimate of drug-likeness (QED) is 0.813. The highest BCUT2D eigenvalue weighted by Crippen LogP contribution is 2.31. The first-order valence-corrected chi connectivity index (χ1v) is 10.2. The second-order valence-corrected chi connectivity index (χ2v) is 8.14. The van der Waals surface area contributed by atoms with Crippen LogP contribution in [0, 0.1) is 13.8 Å². The number of thioether (sulfide) groups is 1.